The Balaban J connectivity index is 1.54. The topological polar surface area (TPSA) is 29.5 Å². The van der Waals surface area contributed by atoms with E-state index in [1.165, 1.54) is 31.3 Å². The van der Waals surface area contributed by atoms with Crippen LogP contribution in [-0.2, 0) is 4.74 Å². The minimum atomic E-state index is -1.18. The molecule has 0 spiro atoms. The van der Waals surface area contributed by atoms with Crippen molar-refractivity contribution in [2.75, 3.05) is 7.11 Å². The first kappa shape index (κ1) is 24.2. The fraction of sp³-hybridized carbons (Fsp3) is 0.793. The van der Waals surface area contributed by atoms with Crippen LogP contribution < -0.4 is 0 Å². The lowest BCUT2D eigenvalue weighted by atomic mass is 9.61. The molecule has 8 atom stereocenters. The maximum atomic E-state index is 14.3. The van der Waals surface area contributed by atoms with Crippen LogP contribution in [0, 0.1) is 34.5 Å². The van der Waals surface area contributed by atoms with Gasteiger partial charge in [0.1, 0.15) is 5.67 Å². The smallest absolute Gasteiger partial charge is 0.111 e. The van der Waals surface area contributed by atoms with Gasteiger partial charge in [0.2, 0.25) is 0 Å². The fourth-order valence-corrected chi connectivity index (χ4v) is 7.78. The Kier molecular flexibility index (Phi) is 6.11. The van der Waals surface area contributed by atoms with Gasteiger partial charge in [0.25, 0.3) is 0 Å². The largest absolute Gasteiger partial charge is 0.389 e. The molecule has 3 heteroatoms. The predicted molar refractivity (Wildman–Crippen MR) is 130 cm³/mol. The first-order chi connectivity index (χ1) is 14.9. The van der Waals surface area contributed by atoms with Gasteiger partial charge < -0.3 is 9.84 Å². The monoisotopic (exact) mass is 444 g/mol. The van der Waals surface area contributed by atoms with Crippen molar-refractivity contribution >= 4 is 0 Å². The molecule has 4 rings (SSSR count). The molecule has 0 aliphatic heterocycles. The van der Waals surface area contributed by atoms with E-state index in [0.717, 1.165) is 25.7 Å². The Hall–Kier alpha value is -0.930. The van der Waals surface area contributed by atoms with E-state index in [-0.39, 0.29) is 22.9 Å². The van der Waals surface area contributed by atoms with Crippen LogP contribution in [0.25, 0.3) is 0 Å². The molecule has 180 valence electrons. The third-order valence-electron chi connectivity index (χ3n) is 10.3. The summed E-state index contributed by atoms with van der Waals surface area (Å²) in [5, 5.41) is 11.0. The minimum absolute atomic E-state index is 0.0659. The standard InChI is InChI=1S/C29H45FO2/c1-19(10-11-20(2)26(4,5)30)23-12-13-24-22(9-8-15-27(23,24)6)17-25(32-7)29-18-28(29,31)16-14-21(29)3/h10-11,17,19-20,23-25,31H,3,8-9,12-16,18H2,1-2,4-7H3/b11-10+,22-17+/t19-,20+,23-,24+,25?,27-,28-,29?/m1/s1. The SMILES string of the molecule is C=C1CC[C@@]2(O)CC12C(/C=C1\CCC[C@]2(C)[C@@H]([C@H](C)/C=C/[C@H](C)C(C)(C)F)CC[C@@H]12)OC. The van der Waals surface area contributed by atoms with E-state index in [1.54, 1.807) is 26.5 Å². The highest BCUT2D eigenvalue weighted by molar-refractivity contribution is 5.42. The van der Waals surface area contributed by atoms with Crippen LogP contribution in [0.5, 0.6) is 0 Å². The van der Waals surface area contributed by atoms with Gasteiger partial charge in [-0.25, -0.2) is 4.39 Å². The molecule has 4 aliphatic rings. The van der Waals surface area contributed by atoms with Gasteiger partial charge in [-0.15, -0.1) is 0 Å². The van der Waals surface area contributed by atoms with Crippen molar-refractivity contribution in [2.45, 2.75) is 103 Å². The van der Waals surface area contributed by atoms with Crippen molar-refractivity contribution in [1.82, 2.24) is 0 Å². The van der Waals surface area contributed by atoms with Gasteiger partial charge in [-0.1, -0.05) is 56.7 Å². The molecule has 2 nitrogen and oxygen atoms in total. The molecule has 4 aliphatic carbocycles. The zero-order valence-corrected chi connectivity index (χ0v) is 21.2. The number of hydrogen-bond donors (Lipinski definition) is 1. The van der Waals surface area contributed by atoms with Crippen LogP contribution in [-0.4, -0.2) is 29.6 Å². The normalized spacial score (nSPS) is 43.4. The highest BCUT2D eigenvalue weighted by atomic mass is 19.1. The van der Waals surface area contributed by atoms with E-state index in [2.05, 4.69) is 38.7 Å². The average Bonchev–Trinajstić information content (AvgIpc) is 3.06. The summed E-state index contributed by atoms with van der Waals surface area (Å²) in [6.07, 6.45) is 15.3. The Bertz CT molecular complexity index is 806. The van der Waals surface area contributed by atoms with Crippen molar-refractivity contribution in [2.24, 2.45) is 34.5 Å². The van der Waals surface area contributed by atoms with E-state index < -0.39 is 11.3 Å². The molecule has 4 fully saturated rings. The number of hydrogen-bond acceptors (Lipinski definition) is 2. The lowest BCUT2D eigenvalue weighted by molar-refractivity contribution is 0.0385. The Morgan fingerprint density at radius 1 is 1.19 bits per heavy atom. The zero-order valence-electron chi connectivity index (χ0n) is 21.2. The summed E-state index contributed by atoms with van der Waals surface area (Å²) >= 11 is 0. The molecule has 0 aromatic carbocycles. The summed E-state index contributed by atoms with van der Waals surface area (Å²) < 4.78 is 20.3. The molecule has 0 heterocycles. The van der Waals surface area contributed by atoms with Crippen molar-refractivity contribution in [3.8, 4) is 0 Å². The molecule has 0 saturated heterocycles. The number of rotatable bonds is 7. The van der Waals surface area contributed by atoms with Crippen molar-refractivity contribution < 1.29 is 14.2 Å². The number of fused-ring (bicyclic) bond motifs is 2. The maximum Gasteiger partial charge on any atom is 0.111 e. The van der Waals surface area contributed by atoms with E-state index >= 15 is 0 Å². The van der Waals surface area contributed by atoms with Gasteiger partial charge in [0, 0.05) is 13.0 Å². The third kappa shape index (κ3) is 3.66. The first-order valence-electron chi connectivity index (χ1n) is 12.9. The molecule has 2 unspecified atom stereocenters. The molecule has 4 saturated carbocycles. The third-order valence-corrected chi connectivity index (χ3v) is 10.3. The number of ether oxygens (including phenoxy) is 1. The van der Waals surface area contributed by atoms with Crippen LogP contribution in [0.4, 0.5) is 4.39 Å². The van der Waals surface area contributed by atoms with Crippen LogP contribution in [0.15, 0.2) is 36.0 Å². The molecule has 0 amide bonds. The number of methoxy groups -OCH3 is 1. The molecule has 0 aromatic heterocycles. The van der Waals surface area contributed by atoms with Crippen molar-refractivity contribution in [1.29, 1.82) is 0 Å². The molecular formula is C29H45FO2. The molecular weight excluding hydrogens is 399 g/mol. The lowest BCUT2D eigenvalue weighted by Crippen LogP contribution is -2.37. The second-order valence-corrected chi connectivity index (χ2v) is 12.4. The first-order valence-corrected chi connectivity index (χ1v) is 12.9. The molecule has 32 heavy (non-hydrogen) atoms. The molecule has 0 radical (unpaired) electrons. The van der Waals surface area contributed by atoms with Crippen LogP contribution in [0.2, 0.25) is 0 Å². The minimum Gasteiger partial charge on any atom is -0.389 e. The Labute approximate surface area is 195 Å². The second-order valence-electron chi connectivity index (χ2n) is 12.4. The fourth-order valence-electron chi connectivity index (χ4n) is 7.78. The summed E-state index contributed by atoms with van der Waals surface area (Å²) in [7, 11) is 1.79. The summed E-state index contributed by atoms with van der Waals surface area (Å²) in [5.74, 6) is 1.59. The van der Waals surface area contributed by atoms with E-state index in [0.29, 0.717) is 17.8 Å². The number of allylic oxidation sites excluding steroid dienone is 3. The predicted octanol–water partition coefficient (Wildman–Crippen LogP) is 7.19. The quantitative estimate of drug-likeness (QED) is 0.421. The summed E-state index contributed by atoms with van der Waals surface area (Å²) in [4.78, 5) is 0. The van der Waals surface area contributed by atoms with Gasteiger partial charge in [0.15, 0.2) is 0 Å². The highest BCUT2D eigenvalue weighted by Gasteiger charge is 2.74. The van der Waals surface area contributed by atoms with Gasteiger partial charge in [-0.3, -0.25) is 0 Å². The van der Waals surface area contributed by atoms with Gasteiger partial charge >= 0.3 is 0 Å². The van der Waals surface area contributed by atoms with Crippen LogP contribution >= 0.6 is 0 Å². The van der Waals surface area contributed by atoms with Gasteiger partial charge in [-0.05, 0) is 88.4 Å². The van der Waals surface area contributed by atoms with Crippen LogP contribution in [0.1, 0.15) is 86.0 Å². The number of alkyl halides is 1. The van der Waals surface area contributed by atoms with E-state index in [1.807, 2.05) is 6.92 Å². The molecule has 0 bridgehead atoms. The molecule has 0 aromatic rings. The molecule has 1 N–H and O–H groups in total. The van der Waals surface area contributed by atoms with E-state index in [9.17, 15) is 9.50 Å². The van der Waals surface area contributed by atoms with Gasteiger partial charge in [-0.2, -0.15) is 0 Å². The lowest BCUT2D eigenvalue weighted by Gasteiger charge is -2.44. The van der Waals surface area contributed by atoms with Gasteiger partial charge in [0.05, 0.1) is 17.1 Å². The number of halogens is 1. The second kappa shape index (κ2) is 8.08. The van der Waals surface area contributed by atoms with E-state index in [4.69, 9.17) is 4.74 Å². The van der Waals surface area contributed by atoms with Crippen LogP contribution in [0.3, 0.4) is 0 Å². The average molecular weight is 445 g/mol. The highest BCUT2D eigenvalue weighted by Crippen LogP contribution is 2.71. The zero-order chi connectivity index (χ0) is 23.5. The summed E-state index contributed by atoms with van der Waals surface area (Å²) in [5.41, 5.74) is 0.971. The van der Waals surface area contributed by atoms with Crippen molar-refractivity contribution in [3.63, 3.8) is 0 Å². The summed E-state index contributed by atoms with van der Waals surface area (Å²) in [6.45, 7) is 14.5. The summed E-state index contributed by atoms with van der Waals surface area (Å²) in [6, 6.07) is 0. The van der Waals surface area contributed by atoms with Crippen molar-refractivity contribution in [3.05, 3.63) is 36.0 Å². The maximum absolute atomic E-state index is 14.3. The Morgan fingerprint density at radius 2 is 1.91 bits per heavy atom. The Morgan fingerprint density at radius 3 is 2.47 bits per heavy atom. The number of aliphatic hydroxyl groups is 1.